The Morgan fingerprint density at radius 1 is 1.25 bits per heavy atom. The van der Waals surface area contributed by atoms with Gasteiger partial charge in [-0.2, -0.15) is 0 Å². The van der Waals surface area contributed by atoms with Crippen LogP contribution in [0, 0.1) is 11.7 Å². The van der Waals surface area contributed by atoms with E-state index in [0.29, 0.717) is 19.1 Å². The second kappa shape index (κ2) is 8.40. The molecular formula is C19H22FNO2S. The predicted octanol–water partition coefficient (Wildman–Crippen LogP) is 4.35. The Morgan fingerprint density at radius 3 is 2.79 bits per heavy atom. The molecule has 1 aromatic heterocycles. The first-order valence-corrected chi connectivity index (χ1v) is 9.25. The Bertz CT molecular complexity index is 651. The van der Waals surface area contributed by atoms with Crippen LogP contribution in [0.25, 0.3) is 0 Å². The van der Waals surface area contributed by atoms with Crippen LogP contribution in [0.2, 0.25) is 0 Å². The van der Waals surface area contributed by atoms with Crippen molar-refractivity contribution >= 4 is 17.2 Å². The molecule has 3 nitrogen and oxygen atoms in total. The van der Waals surface area contributed by atoms with E-state index in [9.17, 15) is 9.18 Å². The van der Waals surface area contributed by atoms with Crippen LogP contribution in [0.15, 0.2) is 41.8 Å². The molecule has 2 aromatic rings. The molecule has 1 saturated heterocycles. The van der Waals surface area contributed by atoms with Crippen molar-refractivity contribution in [1.82, 2.24) is 4.90 Å². The van der Waals surface area contributed by atoms with E-state index in [2.05, 4.69) is 0 Å². The maximum absolute atomic E-state index is 13.1. The van der Waals surface area contributed by atoms with E-state index in [1.165, 1.54) is 23.5 Å². The van der Waals surface area contributed by atoms with E-state index in [1.54, 1.807) is 6.07 Å². The summed E-state index contributed by atoms with van der Waals surface area (Å²) in [5.74, 6) is 0.537. The number of piperidine rings is 1. The zero-order chi connectivity index (χ0) is 16.8. The Kier molecular flexibility index (Phi) is 5.99. The van der Waals surface area contributed by atoms with Gasteiger partial charge >= 0.3 is 0 Å². The fourth-order valence-corrected chi connectivity index (χ4v) is 3.74. The summed E-state index contributed by atoms with van der Waals surface area (Å²) in [6.07, 6.45) is 3.05. The molecule has 0 atom stereocenters. The number of nitrogens with zero attached hydrogens (tertiary/aromatic N) is 1. The van der Waals surface area contributed by atoms with Gasteiger partial charge in [0.05, 0.1) is 11.5 Å². The van der Waals surface area contributed by atoms with Crippen molar-refractivity contribution in [2.45, 2.75) is 25.9 Å². The van der Waals surface area contributed by atoms with E-state index in [-0.39, 0.29) is 11.7 Å². The third kappa shape index (κ3) is 4.65. The highest BCUT2D eigenvalue weighted by Crippen LogP contribution is 2.23. The van der Waals surface area contributed by atoms with Gasteiger partial charge in [-0.15, -0.1) is 11.3 Å². The van der Waals surface area contributed by atoms with Crippen molar-refractivity contribution in [1.29, 1.82) is 0 Å². The predicted molar refractivity (Wildman–Crippen MR) is 93.6 cm³/mol. The van der Waals surface area contributed by atoms with E-state index in [0.717, 1.165) is 42.8 Å². The van der Waals surface area contributed by atoms with E-state index in [1.807, 2.05) is 28.5 Å². The average molecular weight is 347 g/mol. The fourth-order valence-electron chi connectivity index (χ4n) is 3.05. The monoisotopic (exact) mass is 347 g/mol. The number of ether oxygens (including phenoxy) is 1. The molecule has 1 amide bonds. The second-order valence-electron chi connectivity index (χ2n) is 6.18. The number of hydrogen-bond donors (Lipinski definition) is 0. The number of rotatable bonds is 6. The molecule has 2 heterocycles. The van der Waals surface area contributed by atoms with Crippen molar-refractivity contribution in [3.63, 3.8) is 0 Å². The van der Waals surface area contributed by atoms with Gasteiger partial charge in [-0.1, -0.05) is 18.2 Å². The van der Waals surface area contributed by atoms with Crippen molar-refractivity contribution in [2.24, 2.45) is 5.92 Å². The molecule has 5 heteroatoms. The smallest absolute Gasteiger partial charge is 0.263 e. The molecule has 1 fully saturated rings. The van der Waals surface area contributed by atoms with Crippen LogP contribution in [0.4, 0.5) is 4.39 Å². The molecule has 0 bridgehead atoms. The zero-order valence-electron chi connectivity index (χ0n) is 13.6. The van der Waals surface area contributed by atoms with Crippen LogP contribution in [0.1, 0.15) is 34.5 Å². The number of amides is 1. The first-order valence-electron chi connectivity index (χ1n) is 8.37. The second-order valence-corrected chi connectivity index (χ2v) is 7.13. The Balaban J connectivity index is 1.34. The van der Waals surface area contributed by atoms with Gasteiger partial charge in [0.25, 0.3) is 5.91 Å². The molecule has 0 unspecified atom stereocenters. The first kappa shape index (κ1) is 17.1. The highest BCUT2D eigenvalue weighted by atomic mass is 32.1. The van der Waals surface area contributed by atoms with Crippen LogP contribution in [-0.2, 0) is 11.3 Å². The van der Waals surface area contributed by atoms with Crippen molar-refractivity contribution in [2.75, 3.05) is 19.7 Å². The van der Waals surface area contributed by atoms with Gasteiger partial charge in [-0.25, -0.2) is 4.39 Å². The number of benzene rings is 1. The maximum Gasteiger partial charge on any atom is 0.263 e. The molecule has 24 heavy (non-hydrogen) atoms. The fraction of sp³-hybridized carbons (Fsp3) is 0.421. The lowest BCUT2D eigenvalue weighted by atomic mass is 9.94. The van der Waals surface area contributed by atoms with Gasteiger partial charge in [-0.05, 0) is 54.3 Å². The lowest BCUT2D eigenvalue weighted by molar-refractivity contribution is 0.0643. The summed E-state index contributed by atoms with van der Waals surface area (Å²) >= 11 is 1.50. The van der Waals surface area contributed by atoms with Crippen LogP contribution in [0.5, 0.6) is 0 Å². The Morgan fingerprint density at radius 2 is 2.08 bits per heavy atom. The van der Waals surface area contributed by atoms with E-state index >= 15 is 0 Å². The molecule has 128 valence electrons. The lowest BCUT2D eigenvalue weighted by Crippen LogP contribution is -2.38. The summed E-state index contributed by atoms with van der Waals surface area (Å²) in [5, 5.41) is 1.94. The minimum atomic E-state index is -0.223. The minimum Gasteiger partial charge on any atom is -0.377 e. The normalized spacial score (nSPS) is 15.6. The zero-order valence-corrected chi connectivity index (χ0v) is 14.4. The number of carbonyl (C=O) groups is 1. The average Bonchev–Trinajstić information content (AvgIpc) is 3.13. The quantitative estimate of drug-likeness (QED) is 0.727. The molecule has 0 radical (unpaired) electrons. The standard InChI is InChI=1S/C19H22FNO2S/c20-17-4-1-3-16(13-17)14-23-11-8-15-6-9-21(10-7-15)19(22)18-5-2-12-24-18/h1-5,12-13,15H,6-11,14H2. The van der Waals surface area contributed by atoms with Crippen LogP contribution in [0.3, 0.4) is 0 Å². The molecule has 0 saturated carbocycles. The van der Waals surface area contributed by atoms with Crippen LogP contribution >= 0.6 is 11.3 Å². The number of halogens is 1. The van der Waals surface area contributed by atoms with Crippen molar-refractivity contribution in [3.8, 4) is 0 Å². The number of likely N-dealkylation sites (tertiary alicyclic amines) is 1. The molecule has 1 aliphatic heterocycles. The van der Waals surface area contributed by atoms with E-state index < -0.39 is 0 Å². The van der Waals surface area contributed by atoms with Gasteiger partial charge < -0.3 is 9.64 Å². The number of carbonyl (C=O) groups excluding carboxylic acids is 1. The van der Waals surface area contributed by atoms with Crippen LogP contribution < -0.4 is 0 Å². The minimum absolute atomic E-state index is 0.158. The molecular weight excluding hydrogens is 325 g/mol. The van der Waals surface area contributed by atoms with Crippen molar-refractivity contribution in [3.05, 3.63) is 58.0 Å². The van der Waals surface area contributed by atoms with Gasteiger partial charge in [-0.3, -0.25) is 4.79 Å². The summed E-state index contributed by atoms with van der Waals surface area (Å²) in [6.45, 7) is 2.78. The number of thiophene rings is 1. The SMILES string of the molecule is O=C(c1cccs1)N1CCC(CCOCc2cccc(F)c2)CC1. The third-order valence-electron chi connectivity index (χ3n) is 4.46. The van der Waals surface area contributed by atoms with Gasteiger partial charge in [0.2, 0.25) is 0 Å². The lowest BCUT2D eigenvalue weighted by Gasteiger charge is -2.31. The topological polar surface area (TPSA) is 29.5 Å². The summed E-state index contributed by atoms with van der Waals surface area (Å²) in [6, 6.07) is 10.3. The van der Waals surface area contributed by atoms with Crippen molar-refractivity contribution < 1.29 is 13.9 Å². The Hall–Kier alpha value is -1.72. The summed E-state index contributed by atoms with van der Waals surface area (Å²) in [5.41, 5.74) is 0.867. The van der Waals surface area contributed by atoms with Gasteiger partial charge in [0.1, 0.15) is 5.82 Å². The first-order chi connectivity index (χ1) is 11.7. The summed E-state index contributed by atoms with van der Waals surface area (Å²) < 4.78 is 18.7. The summed E-state index contributed by atoms with van der Waals surface area (Å²) in [4.78, 5) is 15.1. The van der Waals surface area contributed by atoms with Gasteiger partial charge in [0.15, 0.2) is 0 Å². The van der Waals surface area contributed by atoms with Gasteiger partial charge in [0, 0.05) is 19.7 Å². The number of hydrogen-bond acceptors (Lipinski definition) is 3. The third-order valence-corrected chi connectivity index (χ3v) is 5.32. The molecule has 0 aliphatic carbocycles. The highest BCUT2D eigenvalue weighted by Gasteiger charge is 2.23. The highest BCUT2D eigenvalue weighted by molar-refractivity contribution is 7.12. The van der Waals surface area contributed by atoms with E-state index in [4.69, 9.17) is 4.74 Å². The molecule has 0 N–H and O–H groups in total. The molecule has 1 aromatic carbocycles. The van der Waals surface area contributed by atoms with Crippen LogP contribution in [-0.4, -0.2) is 30.5 Å². The largest absolute Gasteiger partial charge is 0.377 e. The molecule has 0 spiro atoms. The molecule has 1 aliphatic rings. The summed E-state index contributed by atoms with van der Waals surface area (Å²) in [7, 11) is 0. The maximum atomic E-state index is 13.1. The Labute approximate surface area is 146 Å². The molecule has 3 rings (SSSR count).